The molecule has 1 aliphatic rings. The minimum Gasteiger partial charge on any atom is -0.351 e. The minimum absolute atomic E-state index is 0.0137. The second kappa shape index (κ2) is 5.74. The highest BCUT2D eigenvalue weighted by Crippen LogP contribution is 2.25. The number of hydrogen-bond donors (Lipinski definition) is 2. The Bertz CT molecular complexity index is 444. The van der Waals surface area contributed by atoms with Crippen LogP contribution in [0, 0.1) is 0 Å². The van der Waals surface area contributed by atoms with E-state index in [9.17, 15) is 4.79 Å². The molecule has 0 aliphatic heterocycles. The number of hydrogen-bond acceptors (Lipinski definition) is 2. The van der Waals surface area contributed by atoms with Crippen molar-refractivity contribution in [3.05, 3.63) is 35.4 Å². The lowest BCUT2D eigenvalue weighted by Gasteiger charge is -2.22. The standard InChI is InChI=1S/C16H24N2O/c1-16(2,3)14-7-5-4-6-13(14)15(19)18-11-10-17-12-8-9-12/h4-7,12,17H,8-11H2,1-3H3,(H,18,19). The molecule has 0 atom stereocenters. The van der Waals surface area contributed by atoms with Gasteiger partial charge in [0.2, 0.25) is 0 Å². The molecule has 2 N–H and O–H groups in total. The average Bonchev–Trinajstić information content (AvgIpc) is 3.17. The molecule has 1 aromatic carbocycles. The van der Waals surface area contributed by atoms with Gasteiger partial charge in [-0.25, -0.2) is 0 Å². The molecule has 0 aromatic heterocycles. The van der Waals surface area contributed by atoms with Crippen LogP contribution >= 0.6 is 0 Å². The van der Waals surface area contributed by atoms with E-state index >= 15 is 0 Å². The predicted octanol–water partition coefficient (Wildman–Crippen LogP) is 2.47. The molecule has 1 aliphatic carbocycles. The lowest BCUT2D eigenvalue weighted by atomic mass is 9.83. The van der Waals surface area contributed by atoms with Crippen molar-refractivity contribution >= 4 is 5.91 Å². The Kier molecular flexibility index (Phi) is 4.25. The highest BCUT2D eigenvalue weighted by molar-refractivity contribution is 5.96. The third kappa shape index (κ3) is 4.06. The number of carbonyl (C=O) groups excluding carboxylic acids is 1. The number of carbonyl (C=O) groups is 1. The van der Waals surface area contributed by atoms with Gasteiger partial charge in [0.1, 0.15) is 0 Å². The highest BCUT2D eigenvalue weighted by atomic mass is 16.1. The molecular weight excluding hydrogens is 236 g/mol. The van der Waals surface area contributed by atoms with E-state index in [0.717, 1.165) is 17.7 Å². The first-order chi connectivity index (χ1) is 8.98. The molecule has 3 heteroatoms. The molecule has 1 fully saturated rings. The summed E-state index contributed by atoms with van der Waals surface area (Å²) in [5.74, 6) is 0.0307. The first-order valence-electron chi connectivity index (χ1n) is 7.09. The van der Waals surface area contributed by atoms with Crippen molar-refractivity contribution in [3.63, 3.8) is 0 Å². The van der Waals surface area contributed by atoms with Crippen LogP contribution < -0.4 is 10.6 Å². The highest BCUT2D eigenvalue weighted by Gasteiger charge is 2.21. The molecule has 1 saturated carbocycles. The Morgan fingerprint density at radius 2 is 1.89 bits per heavy atom. The summed E-state index contributed by atoms with van der Waals surface area (Å²) in [5, 5.41) is 6.39. The summed E-state index contributed by atoms with van der Waals surface area (Å²) in [6.45, 7) is 7.94. The van der Waals surface area contributed by atoms with Gasteiger partial charge in [-0.05, 0) is 29.9 Å². The van der Waals surface area contributed by atoms with Crippen molar-refractivity contribution in [1.29, 1.82) is 0 Å². The molecule has 1 amide bonds. The van der Waals surface area contributed by atoms with Crippen LogP contribution in [0.5, 0.6) is 0 Å². The second-order valence-electron chi connectivity index (χ2n) is 6.28. The smallest absolute Gasteiger partial charge is 0.251 e. The summed E-state index contributed by atoms with van der Waals surface area (Å²) in [6.07, 6.45) is 2.56. The van der Waals surface area contributed by atoms with Crippen LogP contribution in [0.25, 0.3) is 0 Å². The largest absolute Gasteiger partial charge is 0.351 e. The molecule has 19 heavy (non-hydrogen) atoms. The Hall–Kier alpha value is -1.35. The Balaban J connectivity index is 1.93. The summed E-state index contributed by atoms with van der Waals surface area (Å²) in [5.41, 5.74) is 1.88. The maximum absolute atomic E-state index is 12.2. The summed E-state index contributed by atoms with van der Waals surface area (Å²) < 4.78 is 0. The van der Waals surface area contributed by atoms with Crippen molar-refractivity contribution < 1.29 is 4.79 Å². The van der Waals surface area contributed by atoms with Gasteiger partial charge in [-0.2, -0.15) is 0 Å². The number of amides is 1. The molecular formula is C16H24N2O. The van der Waals surface area contributed by atoms with Gasteiger partial charge in [-0.15, -0.1) is 0 Å². The molecule has 1 aromatic rings. The summed E-state index contributed by atoms with van der Waals surface area (Å²) in [7, 11) is 0. The normalized spacial score (nSPS) is 15.3. The summed E-state index contributed by atoms with van der Waals surface area (Å²) in [4.78, 5) is 12.2. The van der Waals surface area contributed by atoms with Gasteiger partial charge in [0, 0.05) is 24.7 Å². The van der Waals surface area contributed by atoms with Crippen LogP contribution in [-0.2, 0) is 5.41 Å². The zero-order valence-electron chi connectivity index (χ0n) is 12.1. The number of benzene rings is 1. The number of rotatable bonds is 5. The molecule has 3 nitrogen and oxygen atoms in total. The third-order valence-electron chi connectivity index (χ3n) is 3.40. The van der Waals surface area contributed by atoms with Gasteiger partial charge < -0.3 is 10.6 Å². The van der Waals surface area contributed by atoms with Crippen LogP contribution in [0.4, 0.5) is 0 Å². The van der Waals surface area contributed by atoms with E-state index in [0.29, 0.717) is 12.6 Å². The fourth-order valence-corrected chi connectivity index (χ4v) is 2.17. The van der Waals surface area contributed by atoms with E-state index in [1.165, 1.54) is 12.8 Å². The van der Waals surface area contributed by atoms with E-state index in [1.54, 1.807) is 0 Å². The Labute approximate surface area is 115 Å². The van der Waals surface area contributed by atoms with Crippen molar-refractivity contribution in [1.82, 2.24) is 10.6 Å². The molecule has 104 valence electrons. The fourth-order valence-electron chi connectivity index (χ4n) is 2.17. The van der Waals surface area contributed by atoms with Crippen molar-refractivity contribution in [2.45, 2.75) is 45.1 Å². The van der Waals surface area contributed by atoms with Gasteiger partial charge in [-0.1, -0.05) is 39.0 Å². The van der Waals surface area contributed by atoms with Crippen molar-refractivity contribution in [2.24, 2.45) is 0 Å². The zero-order chi connectivity index (χ0) is 13.9. The average molecular weight is 260 g/mol. The maximum atomic E-state index is 12.2. The van der Waals surface area contributed by atoms with E-state index in [2.05, 4.69) is 31.4 Å². The Morgan fingerprint density at radius 1 is 1.21 bits per heavy atom. The van der Waals surface area contributed by atoms with Crippen LogP contribution in [-0.4, -0.2) is 25.0 Å². The third-order valence-corrected chi connectivity index (χ3v) is 3.40. The first kappa shape index (κ1) is 14.1. The molecule has 0 unspecified atom stereocenters. The quantitative estimate of drug-likeness (QED) is 0.799. The molecule has 0 bridgehead atoms. The molecule has 0 radical (unpaired) electrons. The lowest BCUT2D eigenvalue weighted by Crippen LogP contribution is -2.33. The second-order valence-corrected chi connectivity index (χ2v) is 6.28. The molecule has 0 saturated heterocycles. The minimum atomic E-state index is -0.0137. The van der Waals surface area contributed by atoms with Crippen LogP contribution in [0.1, 0.15) is 49.5 Å². The van der Waals surface area contributed by atoms with Crippen LogP contribution in [0.2, 0.25) is 0 Å². The lowest BCUT2D eigenvalue weighted by molar-refractivity contribution is 0.0951. The maximum Gasteiger partial charge on any atom is 0.251 e. The monoisotopic (exact) mass is 260 g/mol. The number of nitrogens with one attached hydrogen (secondary N) is 2. The van der Waals surface area contributed by atoms with E-state index in [1.807, 2.05) is 24.3 Å². The van der Waals surface area contributed by atoms with E-state index < -0.39 is 0 Å². The summed E-state index contributed by atoms with van der Waals surface area (Å²) >= 11 is 0. The van der Waals surface area contributed by atoms with Gasteiger partial charge in [0.25, 0.3) is 5.91 Å². The topological polar surface area (TPSA) is 41.1 Å². The van der Waals surface area contributed by atoms with Crippen molar-refractivity contribution in [2.75, 3.05) is 13.1 Å². The predicted molar refractivity (Wildman–Crippen MR) is 78.5 cm³/mol. The molecule has 0 heterocycles. The van der Waals surface area contributed by atoms with Crippen LogP contribution in [0.15, 0.2) is 24.3 Å². The van der Waals surface area contributed by atoms with Gasteiger partial charge in [0.05, 0.1) is 0 Å². The first-order valence-corrected chi connectivity index (χ1v) is 7.09. The zero-order valence-corrected chi connectivity index (χ0v) is 12.1. The molecule has 0 spiro atoms. The van der Waals surface area contributed by atoms with Crippen molar-refractivity contribution in [3.8, 4) is 0 Å². The Morgan fingerprint density at radius 3 is 2.53 bits per heavy atom. The summed E-state index contributed by atoms with van der Waals surface area (Å²) in [6, 6.07) is 8.55. The van der Waals surface area contributed by atoms with Gasteiger partial charge in [-0.3, -0.25) is 4.79 Å². The van der Waals surface area contributed by atoms with Gasteiger partial charge in [0.15, 0.2) is 0 Å². The van der Waals surface area contributed by atoms with E-state index in [4.69, 9.17) is 0 Å². The SMILES string of the molecule is CC(C)(C)c1ccccc1C(=O)NCCNC1CC1. The molecule has 2 rings (SSSR count). The fraction of sp³-hybridized carbons (Fsp3) is 0.562. The van der Waals surface area contributed by atoms with Gasteiger partial charge >= 0.3 is 0 Å². The van der Waals surface area contributed by atoms with Crippen LogP contribution in [0.3, 0.4) is 0 Å². The van der Waals surface area contributed by atoms with E-state index in [-0.39, 0.29) is 11.3 Å².